The van der Waals surface area contributed by atoms with Crippen molar-refractivity contribution < 1.29 is 14.3 Å². The molecule has 0 spiro atoms. The number of benzene rings is 2. The molecule has 0 amide bonds. The monoisotopic (exact) mass is 326 g/mol. The Bertz CT molecular complexity index is 890. The molecule has 0 bridgehead atoms. The number of rotatable bonds is 4. The molecular formula is C17H14N2O3S. The Morgan fingerprint density at radius 3 is 3.04 bits per heavy atom. The highest BCUT2D eigenvalue weighted by Crippen LogP contribution is 2.35. The van der Waals surface area contributed by atoms with Crippen molar-refractivity contribution in [3.8, 4) is 5.75 Å². The SMILES string of the molecule is CCOc1ccc2nc(N[C@@H]3OC(=O)c4ccccc43)sc2c1. The van der Waals surface area contributed by atoms with E-state index in [9.17, 15) is 4.79 Å². The average Bonchev–Trinajstić information content (AvgIpc) is 3.09. The minimum Gasteiger partial charge on any atom is -0.494 e. The molecule has 1 aliphatic heterocycles. The first kappa shape index (κ1) is 14.0. The molecule has 6 heteroatoms. The summed E-state index contributed by atoms with van der Waals surface area (Å²) in [5.74, 6) is 0.519. The number of cyclic esters (lactones) is 1. The predicted octanol–water partition coefficient (Wildman–Crippen LogP) is 3.98. The van der Waals surface area contributed by atoms with Gasteiger partial charge >= 0.3 is 5.97 Å². The van der Waals surface area contributed by atoms with Crippen molar-refractivity contribution in [2.75, 3.05) is 11.9 Å². The first-order valence-electron chi connectivity index (χ1n) is 7.34. The van der Waals surface area contributed by atoms with Crippen molar-refractivity contribution in [3.05, 3.63) is 53.6 Å². The Morgan fingerprint density at radius 1 is 1.30 bits per heavy atom. The molecule has 2 aromatic carbocycles. The summed E-state index contributed by atoms with van der Waals surface area (Å²) >= 11 is 1.51. The number of hydrogen-bond donors (Lipinski definition) is 1. The standard InChI is InChI=1S/C17H14N2O3S/c1-2-21-10-7-8-13-14(9-10)23-17(18-13)19-15-11-5-3-4-6-12(11)16(20)22-15/h3-9,15H,2H2,1H3,(H,18,19)/t15-/m1/s1. The Balaban J connectivity index is 1.62. The number of anilines is 1. The van der Waals surface area contributed by atoms with Gasteiger partial charge in [-0.25, -0.2) is 9.78 Å². The van der Waals surface area contributed by atoms with E-state index in [1.165, 1.54) is 11.3 Å². The Hall–Kier alpha value is -2.60. The van der Waals surface area contributed by atoms with E-state index in [0.717, 1.165) is 21.5 Å². The molecule has 0 saturated carbocycles. The topological polar surface area (TPSA) is 60.4 Å². The van der Waals surface area contributed by atoms with Gasteiger partial charge in [-0.1, -0.05) is 29.5 Å². The van der Waals surface area contributed by atoms with Crippen molar-refractivity contribution in [1.82, 2.24) is 4.98 Å². The van der Waals surface area contributed by atoms with Gasteiger partial charge in [0, 0.05) is 5.56 Å². The highest BCUT2D eigenvalue weighted by atomic mass is 32.1. The van der Waals surface area contributed by atoms with Crippen LogP contribution in [-0.4, -0.2) is 17.6 Å². The van der Waals surface area contributed by atoms with Crippen LogP contribution in [0.2, 0.25) is 0 Å². The second-order valence-corrected chi connectivity index (χ2v) is 6.13. The van der Waals surface area contributed by atoms with Gasteiger partial charge in [0.15, 0.2) is 5.13 Å². The van der Waals surface area contributed by atoms with E-state index in [1.807, 2.05) is 43.3 Å². The van der Waals surface area contributed by atoms with Crippen LogP contribution in [0.1, 0.15) is 29.1 Å². The molecule has 116 valence electrons. The Labute approximate surface area is 136 Å². The van der Waals surface area contributed by atoms with E-state index < -0.39 is 6.23 Å². The van der Waals surface area contributed by atoms with Crippen LogP contribution in [0.4, 0.5) is 5.13 Å². The molecule has 4 rings (SSSR count). The summed E-state index contributed by atoms with van der Waals surface area (Å²) in [4.78, 5) is 16.4. The molecule has 0 fully saturated rings. The second-order valence-electron chi connectivity index (χ2n) is 5.10. The van der Waals surface area contributed by atoms with E-state index in [0.29, 0.717) is 17.3 Å². The van der Waals surface area contributed by atoms with Gasteiger partial charge in [-0.15, -0.1) is 0 Å². The van der Waals surface area contributed by atoms with E-state index in [2.05, 4.69) is 10.3 Å². The summed E-state index contributed by atoms with van der Waals surface area (Å²) in [6, 6.07) is 13.2. The van der Waals surface area contributed by atoms with Crippen LogP contribution in [0.3, 0.4) is 0 Å². The van der Waals surface area contributed by atoms with Crippen molar-refractivity contribution in [3.63, 3.8) is 0 Å². The molecule has 1 aliphatic rings. The number of nitrogens with zero attached hydrogens (tertiary/aromatic N) is 1. The maximum absolute atomic E-state index is 11.9. The molecular weight excluding hydrogens is 312 g/mol. The van der Waals surface area contributed by atoms with Gasteiger partial charge in [-0.05, 0) is 31.2 Å². The zero-order chi connectivity index (χ0) is 15.8. The van der Waals surface area contributed by atoms with Gasteiger partial charge in [0.1, 0.15) is 5.75 Å². The maximum atomic E-state index is 11.9. The fourth-order valence-corrected chi connectivity index (χ4v) is 3.50. The van der Waals surface area contributed by atoms with Gasteiger partial charge in [-0.2, -0.15) is 0 Å². The number of carbonyl (C=O) groups excluding carboxylic acids is 1. The third-order valence-electron chi connectivity index (χ3n) is 3.61. The fourth-order valence-electron chi connectivity index (χ4n) is 2.59. The van der Waals surface area contributed by atoms with Crippen LogP contribution >= 0.6 is 11.3 Å². The zero-order valence-electron chi connectivity index (χ0n) is 12.4. The normalized spacial score (nSPS) is 16.2. The first-order chi connectivity index (χ1) is 11.2. The number of thiazole rings is 1. The number of nitrogens with one attached hydrogen (secondary N) is 1. The van der Waals surface area contributed by atoms with E-state index in [-0.39, 0.29) is 5.97 Å². The summed E-state index contributed by atoms with van der Waals surface area (Å²) in [6.45, 7) is 2.58. The number of aromatic nitrogens is 1. The number of carbonyl (C=O) groups is 1. The van der Waals surface area contributed by atoms with Gasteiger partial charge in [0.25, 0.3) is 0 Å². The van der Waals surface area contributed by atoms with Gasteiger partial charge in [-0.3, -0.25) is 0 Å². The third kappa shape index (κ3) is 2.51. The van der Waals surface area contributed by atoms with Gasteiger partial charge in [0.2, 0.25) is 6.23 Å². The molecule has 1 N–H and O–H groups in total. The molecule has 0 radical (unpaired) electrons. The molecule has 0 aliphatic carbocycles. The highest BCUT2D eigenvalue weighted by Gasteiger charge is 2.31. The minimum atomic E-state index is -0.495. The summed E-state index contributed by atoms with van der Waals surface area (Å²) in [5.41, 5.74) is 2.33. The molecule has 2 heterocycles. The van der Waals surface area contributed by atoms with E-state index in [1.54, 1.807) is 6.07 Å². The minimum absolute atomic E-state index is 0.308. The van der Waals surface area contributed by atoms with Crippen LogP contribution in [0.15, 0.2) is 42.5 Å². The molecule has 5 nitrogen and oxygen atoms in total. The van der Waals surface area contributed by atoms with Crippen molar-refractivity contribution >= 4 is 32.7 Å². The summed E-state index contributed by atoms with van der Waals surface area (Å²) in [6.07, 6.45) is -0.495. The van der Waals surface area contributed by atoms with Crippen LogP contribution in [0, 0.1) is 0 Å². The third-order valence-corrected chi connectivity index (χ3v) is 4.56. The predicted molar refractivity (Wildman–Crippen MR) is 89.0 cm³/mol. The van der Waals surface area contributed by atoms with Crippen LogP contribution in [0.25, 0.3) is 10.2 Å². The van der Waals surface area contributed by atoms with Crippen LogP contribution in [-0.2, 0) is 4.74 Å². The highest BCUT2D eigenvalue weighted by molar-refractivity contribution is 7.22. The lowest BCUT2D eigenvalue weighted by molar-refractivity contribution is 0.0437. The van der Waals surface area contributed by atoms with Gasteiger partial charge in [0.05, 0.1) is 22.4 Å². The molecule has 3 aromatic rings. The zero-order valence-corrected chi connectivity index (χ0v) is 13.2. The second kappa shape index (κ2) is 5.55. The molecule has 1 atom stereocenters. The summed E-state index contributed by atoms with van der Waals surface area (Å²) < 4.78 is 11.9. The average molecular weight is 326 g/mol. The molecule has 0 unspecified atom stereocenters. The van der Waals surface area contributed by atoms with Gasteiger partial charge < -0.3 is 14.8 Å². The van der Waals surface area contributed by atoms with E-state index >= 15 is 0 Å². The molecule has 23 heavy (non-hydrogen) atoms. The largest absolute Gasteiger partial charge is 0.494 e. The quantitative estimate of drug-likeness (QED) is 0.735. The number of ether oxygens (including phenoxy) is 2. The Morgan fingerprint density at radius 2 is 2.17 bits per heavy atom. The Kier molecular flexibility index (Phi) is 3.38. The smallest absolute Gasteiger partial charge is 0.340 e. The molecule has 1 aromatic heterocycles. The van der Waals surface area contributed by atoms with E-state index in [4.69, 9.17) is 9.47 Å². The summed E-state index contributed by atoms with van der Waals surface area (Å²) in [7, 11) is 0. The fraction of sp³-hybridized carbons (Fsp3) is 0.176. The van der Waals surface area contributed by atoms with Crippen molar-refractivity contribution in [2.24, 2.45) is 0 Å². The number of fused-ring (bicyclic) bond motifs is 2. The van der Waals surface area contributed by atoms with Crippen LogP contribution in [0.5, 0.6) is 5.75 Å². The lowest BCUT2D eigenvalue weighted by Gasteiger charge is -2.11. The van der Waals surface area contributed by atoms with Crippen molar-refractivity contribution in [1.29, 1.82) is 0 Å². The summed E-state index contributed by atoms with van der Waals surface area (Å²) in [5, 5.41) is 3.90. The van der Waals surface area contributed by atoms with Crippen molar-refractivity contribution in [2.45, 2.75) is 13.2 Å². The lowest BCUT2D eigenvalue weighted by atomic mass is 10.1. The molecule has 0 saturated heterocycles. The van der Waals surface area contributed by atoms with Crippen LogP contribution < -0.4 is 10.1 Å². The number of esters is 1. The number of hydrogen-bond acceptors (Lipinski definition) is 6. The maximum Gasteiger partial charge on any atom is 0.340 e. The lowest BCUT2D eigenvalue weighted by Crippen LogP contribution is -2.09. The first-order valence-corrected chi connectivity index (χ1v) is 8.16.